The van der Waals surface area contributed by atoms with Crippen molar-refractivity contribution in [1.82, 2.24) is 19.6 Å². The summed E-state index contributed by atoms with van der Waals surface area (Å²) in [6.45, 7) is 10.4. The van der Waals surface area contributed by atoms with Crippen molar-refractivity contribution in [3.63, 3.8) is 0 Å². The second-order valence-corrected chi connectivity index (χ2v) is 4.53. The smallest absolute Gasteiger partial charge is 0.0644 e. The number of hydrogen-bond donors (Lipinski definition) is 0. The standard InChI is InChI=1S/C9H18N4/c1-7-11-4-10-5-12(7)9(3)13(6-10)8(11)2/h7-9H,4-6H2,1-3H3. The summed E-state index contributed by atoms with van der Waals surface area (Å²) < 4.78 is 0. The third-order valence-corrected chi connectivity index (χ3v) is 3.97. The highest BCUT2D eigenvalue weighted by Crippen LogP contribution is 2.34. The van der Waals surface area contributed by atoms with E-state index in [9.17, 15) is 0 Å². The van der Waals surface area contributed by atoms with Gasteiger partial charge in [0.15, 0.2) is 0 Å². The lowest BCUT2D eigenvalue weighted by Gasteiger charge is -2.65. The van der Waals surface area contributed by atoms with Gasteiger partial charge in [0, 0.05) is 0 Å². The van der Waals surface area contributed by atoms with Gasteiger partial charge in [0.1, 0.15) is 0 Å². The molecule has 0 aliphatic carbocycles. The predicted octanol–water partition coefficient (Wildman–Crippen LogP) is 0.146. The summed E-state index contributed by atoms with van der Waals surface area (Å²) in [6, 6.07) is 0. The second kappa shape index (κ2) is 2.45. The van der Waals surface area contributed by atoms with Crippen LogP contribution in [-0.4, -0.2) is 58.1 Å². The van der Waals surface area contributed by atoms with Crippen molar-refractivity contribution >= 4 is 0 Å². The van der Waals surface area contributed by atoms with Crippen molar-refractivity contribution in [2.45, 2.75) is 39.3 Å². The zero-order valence-corrected chi connectivity index (χ0v) is 8.64. The fraction of sp³-hybridized carbons (Fsp3) is 1.00. The lowest BCUT2D eigenvalue weighted by molar-refractivity contribution is -0.282. The summed E-state index contributed by atoms with van der Waals surface area (Å²) in [6.07, 6.45) is 1.87. The molecule has 0 amide bonds. The summed E-state index contributed by atoms with van der Waals surface area (Å²) in [7, 11) is 0. The van der Waals surface area contributed by atoms with Crippen LogP contribution in [-0.2, 0) is 0 Å². The summed E-state index contributed by atoms with van der Waals surface area (Å²) in [5.41, 5.74) is 0. The first-order valence-corrected chi connectivity index (χ1v) is 5.18. The van der Waals surface area contributed by atoms with Gasteiger partial charge in [-0.1, -0.05) is 0 Å². The maximum atomic E-state index is 2.56. The Labute approximate surface area is 79.7 Å². The molecule has 4 aliphatic heterocycles. The normalized spacial score (nSPS) is 64.4. The van der Waals surface area contributed by atoms with Gasteiger partial charge in [-0.25, -0.2) is 0 Å². The van der Waals surface area contributed by atoms with E-state index in [0.29, 0.717) is 18.5 Å². The molecule has 4 bridgehead atoms. The lowest BCUT2D eigenvalue weighted by atomic mass is 10.1. The van der Waals surface area contributed by atoms with Crippen molar-refractivity contribution in [2.24, 2.45) is 0 Å². The van der Waals surface area contributed by atoms with Crippen LogP contribution in [0.2, 0.25) is 0 Å². The van der Waals surface area contributed by atoms with E-state index in [0.717, 1.165) is 20.0 Å². The first-order valence-electron chi connectivity index (χ1n) is 5.18. The molecule has 0 spiro atoms. The summed E-state index contributed by atoms with van der Waals surface area (Å²) in [5.74, 6) is 0. The first-order chi connectivity index (χ1) is 6.18. The largest absolute Gasteiger partial charge is 0.264 e. The molecule has 0 aromatic carbocycles. The van der Waals surface area contributed by atoms with Crippen LogP contribution in [0.4, 0.5) is 0 Å². The van der Waals surface area contributed by atoms with Crippen LogP contribution in [0, 0.1) is 0 Å². The molecule has 4 heterocycles. The van der Waals surface area contributed by atoms with Crippen molar-refractivity contribution in [3.05, 3.63) is 0 Å². The van der Waals surface area contributed by atoms with Crippen LogP contribution < -0.4 is 0 Å². The third-order valence-electron chi connectivity index (χ3n) is 3.97. The molecule has 4 heteroatoms. The quantitative estimate of drug-likeness (QED) is 0.528. The van der Waals surface area contributed by atoms with Crippen LogP contribution in [0.1, 0.15) is 20.8 Å². The van der Waals surface area contributed by atoms with Crippen LogP contribution >= 0.6 is 0 Å². The second-order valence-electron chi connectivity index (χ2n) is 4.53. The van der Waals surface area contributed by atoms with Gasteiger partial charge < -0.3 is 0 Å². The highest BCUT2D eigenvalue weighted by Gasteiger charge is 2.49. The van der Waals surface area contributed by atoms with E-state index in [1.807, 2.05) is 0 Å². The van der Waals surface area contributed by atoms with E-state index in [-0.39, 0.29) is 0 Å². The van der Waals surface area contributed by atoms with Gasteiger partial charge in [-0.2, -0.15) is 0 Å². The Hall–Kier alpha value is -0.160. The van der Waals surface area contributed by atoms with Crippen molar-refractivity contribution < 1.29 is 0 Å². The first kappa shape index (κ1) is 8.17. The van der Waals surface area contributed by atoms with Gasteiger partial charge in [-0.3, -0.25) is 19.6 Å². The van der Waals surface area contributed by atoms with Crippen molar-refractivity contribution in [3.8, 4) is 0 Å². The molecule has 4 rings (SSSR count). The van der Waals surface area contributed by atoms with Crippen LogP contribution in [0.3, 0.4) is 0 Å². The topological polar surface area (TPSA) is 13.0 Å². The van der Waals surface area contributed by atoms with Gasteiger partial charge in [-0.15, -0.1) is 0 Å². The summed E-state index contributed by atoms with van der Waals surface area (Å²) in [5, 5.41) is 0. The SMILES string of the molecule is CC1N2CN3CN1C(C)N(C3)C2C. The molecule has 74 valence electrons. The van der Waals surface area contributed by atoms with Crippen molar-refractivity contribution in [1.29, 1.82) is 0 Å². The van der Waals surface area contributed by atoms with E-state index < -0.39 is 0 Å². The van der Waals surface area contributed by atoms with Gasteiger partial charge >= 0.3 is 0 Å². The van der Waals surface area contributed by atoms with Gasteiger partial charge in [-0.05, 0) is 20.8 Å². The Balaban J connectivity index is 1.97. The molecule has 4 aliphatic rings. The molecular weight excluding hydrogens is 164 g/mol. The molecule has 4 fully saturated rings. The zero-order chi connectivity index (χ0) is 9.16. The van der Waals surface area contributed by atoms with Crippen LogP contribution in [0.15, 0.2) is 0 Å². The Bertz CT molecular complexity index is 182. The maximum Gasteiger partial charge on any atom is 0.0644 e. The average Bonchev–Trinajstić information content (AvgIpc) is 2.12. The van der Waals surface area contributed by atoms with E-state index in [1.165, 1.54) is 0 Å². The van der Waals surface area contributed by atoms with Gasteiger partial charge in [0.2, 0.25) is 0 Å². The molecule has 0 radical (unpaired) electrons. The third kappa shape index (κ3) is 0.892. The zero-order valence-electron chi connectivity index (χ0n) is 8.64. The highest BCUT2D eigenvalue weighted by atomic mass is 15.7. The minimum Gasteiger partial charge on any atom is -0.264 e. The fourth-order valence-electron chi connectivity index (χ4n) is 3.04. The minimum absolute atomic E-state index is 0.623. The molecule has 4 saturated heterocycles. The van der Waals surface area contributed by atoms with Crippen LogP contribution in [0.25, 0.3) is 0 Å². The Morgan fingerprint density at radius 3 is 1.31 bits per heavy atom. The lowest BCUT2D eigenvalue weighted by Crippen LogP contribution is -2.80. The highest BCUT2D eigenvalue weighted by molar-refractivity contribution is 4.93. The Morgan fingerprint density at radius 2 is 1.00 bits per heavy atom. The fourth-order valence-corrected chi connectivity index (χ4v) is 3.04. The van der Waals surface area contributed by atoms with Crippen LogP contribution in [0.5, 0.6) is 0 Å². The summed E-state index contributed by atoms with van der Waals surface area (Å²) >= 11 is 0. The molecule has 4 nitrogen and oxygen atoms in total. The van der Waals surface area contributed by atoms with Gasteiger partial charge in [0.05, 0.1) is 38.5 Å². The molecule has 0 N–H and O–H groups in total. The molecular formula is C9H18N4. The molecule has 0 aromatic rings. The maximum absolute atomic E-state index is 2.56. The number of nitrogens with zero attached hydrogens (tertiary/aromatic N) is 4. The van der Waals surface area contributed by atoms with E-state index in [4.69, 9.17) is 0 Å². The number of hydrogen-bond acceptors (Lipinski definition) is 4. The van der Waals surface area contributed by atoms with Gasteiger partial charge in [0.25, 0.3) is 0 Å². The molecule has 0 unspecified atom stereocenters. The average molecular weight is 182 g/mol. The Morgan fingerprint density at radius 1 is 0.692 bits per heavy atom. The monoisotopic (exact) mass is 182 g/mol. The minimum atomic E-state index is 0.623. The Kier molecular flexibility index (Phi) is 1.54. The predicted molar refractivity (Wildman–Crippen MR) is 50.3 cm³/mol. The van der Waals surface area contributed by atoms with E-state index in [1.54, 1.807) is 0 Å². The molecule has 0 aromatic heterocycles. The molecule has 0 atom stereocenters. The van der Waals surface area contributed by atoms with E-state index in [2.05, 4.69) is 40.4 Å². The van der Waals surface area contributed by atoms with E-state index >= 15 is 0 Å². The molecule has 0 saturated carbocycles. The molecule has 13 heavy (non-hydrogen) atoms. The number of rotatable bonds is 0. The van der Waals surface area contributed by atoms with Crippen molar-refractivity contribution in [2.75, 3.05) is 20.0 Å². The summed E-state index contributed by atoms with van der Waals surface area (Å²) in [4.78, 5) is 10.2.